The van der Waals surface area contributed by atoms with Crippen molar-refractivity contribution in [1.29, 1.82) is 0 Å². The van der Waals surface area contributed by atoms with Crippen molar-refractivity contribution in [3.63, 3.8) is 0 Å². The largest absolute Gasteiger partial charge is 0.349 e. The van der Waals surface area contributed by atoms with Crippen LogP contribution >= 0.6 is 0 Å². The number of carbonyl (C=O) groups is 2. The first kappa shape index (κ1) is 20.0. The number of nitrogens with zero attached hydrogens (tertiary/aromatic N) is 2. The van der Waals surface area contributed by atoms with Gasteiger partial charge in [0, 0.05) is 11.9 Å². The maximum atomic E-state index is 13.1. The van der Waals surface area contributed by atoms with Crippen LogP contribution in [0.15, 0.2) is 66.0 Å². The summed E-state index contributed by atoms with van der Waals surface area (Å²) in [4.78, 5) is 38.1. The van der Waals surface area contributed by atoms with E-state index < -0.39 is 5.91 Å². The van der Waals surface area contributed by atoms with Crippen LogP contribution in [0.1, 0.15) is 40.7 Å². The van der Waals surface area contributed by atoms with Crippen LogP contribution in [0.4, 0.5) is 5.69 Å². The fourth-order valence-corrected chi connectivity index (χ4v) is 2.96. The summed E-state index contributed by atoms with van der Waals surface area (Å²) in [6.07, 6.45) is 1.57. The van der Waals surface area contributed by atoms with E-state index in [1.165, 1.54) is 4.68 Å². The predicted molar refractivity (Wildman–Crippen MR) is 113 cm³/mol. The molecule has 7 heteroatoms. The predicted octanol–water partition coefficient (Wildman–Crippen LogP) is 3.15. The topological polar surface area (TPSA) is 93.1 Å². The molecule has 0 aliphatic rings. The molecule has 29 heavy (non-hydrogen) atoms. The molecule has 0 bridgehead atoms. The monoisotopic (exact) mass is 390 g/mol. The van der Waals surface area contributed by atoms with Gasteiger partial charge in [0.1, 0.15) is 0 Å². The minimum atomic E-state index is -0.500. The van der Waals surface area contributed by atoms with E-state index in [2.05, 4.69) is 22.3 Å². The number of carbonyl (C=O) groups excluding carboxylic acids is 2. The van der Waals surface area contributed by atoms with Crippen LogP contribution in [0.25, 0.3) is 10.8 Å². The minimum absolute atomic E-state index is 0.121. The summed E-state index contributed by atoms with van der Waals surface area (Å²) in [6, 6.07) is 13.3. The molecule has 0 aliphatic carbocycles. The normalized spacial score (nSPS) is 10.7. The number of hydrogen-bond donors (Lipinski definition) is 2. The summed E-state index contributed by atoms with van der Waals surface area (Å²) in [5, 5.41) is 10.6. The second-order valence-electron chi connectivity index (χ2n) is 6.74. The van der Waals surface area contributed by atoms with E-state index >= 15 is 0 Å². The molecule has 1 aromatic heterocycles. The number of benzene rings is 2. The maximum absolute atomic E-state index is 13.1. The van der Waals surface area contributed by atoms with Gasteiger partial charge in [0.15, 0.2) is 5.69 Å². The van der Waals surface area contributed by atoms with Gasteiger partial charge in [0.25, 0.3) is 17.4 Å². The van der Waals surface area contributed by atoms with Gasteiger partial charge in [-0.15, -0.1) is 6.58 Å². The highest BCUT2D eigenvalue weighted by molar-refractivity contribution is 6.13. The lowest BCUT2D eigenvalue weighted by molar-refractivity contribution is 0.0959. The molecular formula is C22H22N4O3. The fraction of sp³-hybridized carbons (Fsp3) is 0.182. The number of amides is 2. The number of anilines is 1. The number of nitrogens with one attached hydrogen (secondary N) is 2. The lowest BCUT2D eigenvalue weighted by Gasteiger charge is -2.14. The molecular weight excluding hydrogens is 368 g/mol. The summed E-state index contributed by atoms with van der Waals surface area (Å²) in [7, 11) is 0. The Morgan fingerprint density at radius 3 is 2.41 bits per heavy atom. The van der Waals surface area contributed by atoms with E-state index in [1.54, 1.807) is 54.6 Å². The van der Waals surface area contributed by atoms with Gasteiger partial charge in [-0.05, 0) is 32.0 Å². The van der Waals surface area contributed by atoms with E-state index in [-0.39, 0.29) is 23.2 Å². The second kappa shape index (κ2) is 8.52. The average molecular weight is 390 g/mol. The first-order valence-electron chi connectivity index (χ1n) is 9.25. The van der Waals surface area contributed by atoms with Crippen molar-refractivity contribution in [1.82, 2.24) is 15.1 Å². The van der Waals surface area contributed by atoms with Crippen molar-refractivity contribution in [2.24, 2.45) is 0 Å². The van der Waals surface area contributed by atoms with E-state index in [0.29, 0.717) is 28.6 Å². The van der Waals surface area contributed by atoms with Gasteiger partial charge >= 0.3 is 0 Å². The number of aromatic nitrogens is 2. The third-order valence-corrected chi connectivity index (χ3v) is 4.36. The molecule has 0 aliphatic heterocycles. The van der Waals surface area contributed by atoms with Gasteiger partial charge in [-0.2, -0.15) is 5.10 Å². The molecule has 2 N–H and O–H groups in total. The Morgan fingerprint density at radius 1 is 1.07 bits per heavy atom. The third-order valence-electron chi connectivity index (χ3n) is 4.36. The fourth-order valence-electron chi connectivity index (χ4n) is 2.96. The molecule has 2 aromatic carbocycles. The molecule has 3 aromatic rings. The summed E-state index contributed by atoms with van der Waals surface area (Å²) in [5.41, 5.74) is 0.544. The molecule has 0 saturated heterocycles. The zero-order valence-electron chi connectivity index (χ0n) is 16.3. The van der Waals surface area contributed by atoms with E-state index in [9.17, 15) is 14.4 Å². The Bertz CT molecular complexity index is 1150. The van der Waals surface area contributed by atoms with Crippen molar-refractivity contribution in [3.8, 4) is 0 Å². The van der Waals surface area contributed by atoms with Crippen LogP contribution in [0.3, 0.4) is 0 Å². The van der Waals surface area contributed by atoms with Crippen LogP contribution < -0.4 is 16.2 Å². The smallest absolute Gasteiger partial charge is 0.276 e. The minimum Gasteiger partial charge on any atom is -0.349 e. The number of rotatable bonds is 6. The Kier molecular flexibility index (Phi) is 5.87. The molecule has 2 amide bonds. The van der Waals surface area contributed by atoms with E-state index in [1.807, 2.05) is 13.8 Å². The van der Waals surface area contributed by atoms with Crippen LogP contribution in [0.5, 0.6) is 0 Å². The van der Waals surface area contributed by atoms with Crippen molar-refractivity contribution in [2.75, 3.05) is 11.9 Å². The van der Waals surface area contributed by atoms with Gasteiger partial charge in [-0.25, -0.2) is 4.68 Å². The highest BCUT2D eigenvalue weighted by Crippen LogP contribution is 2.19. The third kappa shape index (κ3) is 4.08. The Balaban J connectivity index is 2.04. The SMILES string of the molecule is C=CCNC(=O)c1ccccc1NC(=O)c1nn(C(C)C)c(=O)c2ccccc12. The number of hydrogen-bond acceptors (Lipinski definition) is 4. The Labute approximate surface area is 168 Å². The molecule has 0 fully saturated rings. The van der Waals surface area contributed by atoms with E-state index in [0.717, 1.165) is 0 Å². The first-order chi connectivity index (χ1) is 13.9. The van der Waals surface area contributed by atoms with Crippen LogP contribution in [-0.4, -0.2) is 28.1 Å². The van der Waals surface area contributed by atoms with Gasteiger partial charge in [-0.3, -0.25) is 14.4 Å². The molecule has 0 atom stereocenters. The highest BCUT2D eigenvalue weighted by atomic mass is 16.2. The summed E-state index contributed by atoms with van der Waals surface area (Å²) in [6.45, 7) is 7.53. The van der Waals surface area contributed by atoms with Crippen LogP contribution in [0, 0.1) is 0 Å². The lowest BCUT2D eigenvalue weighted by atomic mass is 10.1. The molecule has 0 radical (unpaired) electrons. The first-order valence-corrected chi connectivity index (χ1v) is 9.25. The highest BCUT2D eigenvalue weighted by Gasteiger charge is 2.20. The summed E-state index contributed by atoms with van der Waals surface area (Å²) < 4.78 is 1.29. The molecule has 7 nitrogen and oxygen atoms in total. The molecule has 0 spiro atoms. The Hall–Kier alpha value is -3.74. The van der Waals surface area contributed by atoms with Gasteiger partial charge < -0.3 is 10.6 Å². The molecule has 0 saturated carbocycles. The number of para-hydroxylation sites is 1. The average Bonchev–Trinajstić information content (AvgIpc) is 2.72. The molecule has 148 valence electrons. The maximum Gasteiger partial charge on any atom is 0.276 e. The van der Waals surface area contributed by atoms with E-state index in [4.69, 9.17) is 0 Å². The molecule has 1 heterocycles. The van der Waals surface area contributed by atoms with Crippen molar-refractivity contribution in [3.05, 3.63) is 82.8 Å². The van der Waals surface area contributed by atoms with Gasteiger partial charge in [0.05, 0.1) is 22.7 Å². The second-order valence-corrected chi connectivity index (χ2v) is 6.74. The molecule has 3 rings (SSSR count). The van der Waals surface area contributed by atoms with Crippen molar-refractivity contribution >= 4 is 28.3 Å². The van der Waals surface area contributed by atoms with Gasteiger partial charge in [0.2, 0.25) is 0 Å². The quantitative estimate of drug-likeness (QED) is 0.633. The lowest BCUT2D eigenvalue weighted by Crippen LogP contribution is -2.29. The van der Waals surface area contributed by atoms with Gasteiger partial charge in [-0.1, -0.05) is 36.4 Å². The summed E-state index contributed by atoms with van der Waals surface area (Å²) >= 11 is 0. The zero-order valence-corrected chi connectivity index (χ0v) is 16.3. The van der Waals surface area contributed by atoms with Crippen molar-refractivity contribution < 1.29 is 9.59 Å². The molecule has 0 unspecified atom stereocenters. The Morgan fingerprint density at radius 2 is 1.72 bits per heavy atom. The van der Waals surface area contributed by atoms with Crippen LogP contribution in [0.2, 0.25) is 0 Å². The van der Waals surface area contributed by atoms with Crippen LogP contribution in [-0.2, 0) is 0 Å². The summed E-state index contributed by atoms with van der Waals surface area (Å²) in [5.74, 6) is -0.828. The van der Waals surface area contributed by atoms with Crippen molar-refractivity contribution in [2.45, 2.75) is 19.9 Å². The zero-order chi connectivity index (χ0) is 21.0. The number of fused-ring (bicyclic) bond motifs is 1. The standard InChI is InChI=1S/C22H22N4O3/c1-4-13-23-20(27)17-11-7-8-12-18(17)24-21(28)19-15-9-5-6-10-16(15)22(29)26(25-19)14(2)3/h4-12,14H,1,13H2,2-3H3,(H,23,27)(H,24,28).